The highest BCUT2D eigenvalue weighted by Gasteiger charge is 2.20. The largest absolute Gasteiger partial charge is 0.326 e. The molecule has 1 aliphatic heterocycles. The van der Waals surface area contributed by atoms with Gasteiger partial charge < -0.3 is 5.32 Å². The zero-order valence-electron chi connectivity index (χ0n) is 11.7. The van der Waals surface area contributed by atoms with Crippen molar-refractivity contribution in [3.05, 3.63) is 29.3 Å². The van der Waals surface area contributed by atoms with Crippen LogP contribution in [0.4, 0.5) is 5.69 Å². The average Bonchev–Trinajstić information content (AvgIpc) is 2.59. The van der Waals surface area contributed by atoms with Gasteiger partial charge in [-0.2, -0.15) is 0 Å². The minimum atomic E-state index is 0.0688. The number of fused-ring (bicyclic) bond motifs is 1. The van der Waals surface area contributed by atoms with Crippen LogP contribution in [0.25, 0.3) is 0 Å². The molecule has 2 nitrogen and oxygen atoms in total. The first-order chi connectivity index (χ1) is 9.15. The van der Waals surface area contributed by atoms with Crippen molar-refractivity contribution in [1.29, 1.82) is 0 Å². The van der Waals surface area contributed by atoms with E-state index in [0.29, 0.717) is 12.3 Å². The molecule has 0 bridgehead atoms. The van der Waals surface area contributed by atoms with E-state index in [1.54, 1.807) is 0 Å². The monoisotopic (exact) mass is 279 g/mol. The molecule has 1 heterocycles. The predicted octanol–water partition coefficient (Wildman–Crippen LogP) is 4.68. The Bertz CT molecular complexity index is 454. The minimum absolute atomic E-state index is 0.0688. The van der Waals surface area contributed by atoms with E-state index in [-0.39, 0.29) is 11.3 Å². The van der Waals surface area contributed by atoms with Gasteiger partial charge in [-0.05, 0) is 36.0 Å². The van der Waals surface area contributed by atoms with Crippen LogP contribution >= 0.6 is 11.6 Å². The van der Waals surface area contributed by atoms with Gasteiger partial charge in [0.25, 0.3) is 0 Å². The Morgan fingerprint density at radius 3 is 2.68 bits per heavy atom. The van der Waals surface area contributed by atoms with Gasteiger partial charge in [0.15, 0.2) is 0 Å². The highest BCUT2D eigenvalue weighted by molar-refractivity contribution is 6.21. The van der Waals surface area contributed by atoms with E-state index < -0.39 is 0 Å². The number of benzene rings is 1. The standard InChI is InChI=1S/C16H22ClNO/c1-3-11(4-2)16(17)13-8-9-14-12(10-13)6-5-7-15(19)18-14/h8-11,16H,3-7H2,1-2H3,(H,18,19). The van der Waals surface area contributed by atoms with Crippen LogP contribution in [-0.2, 0) is 11.2 Å². The second-order valence-electron chi connectivity index (χ2n) is 5.30. The van der Waals surface area contributed by atoms with Gasteiger partial charge in [-0.25, -0.2) is 0 Å². The van der Waals surface area contributed by atoms with Crippen LogP contribution in [0.15, 0.2) is 18.2 Å². The van der Waals surface area contributed by atoms with E-state index in [4.69, 9.17) is 11.6 Å². The third-order valence-electron chi connectivity index (χ3n) is 4.03. The lowest BCUT2D eigenvalue weighted by Gasteiger charge is -2.21. The van der Waals surface area contributed by atoms with Gasteiger partial charge in [0.2, 0.25) is 5.91 Å². The van der Waals surface area contributed by atoms with Crippen LogP contribution in [0, 0.1) is 5.92 Å². The number of carbonyl (C=O) groups is 1. The Balaban J connectivity index is 2.25. The van der Waals surface area contributed by atoms with Crippen molar-refractivity contribution in [2.75, 3.05) is 5.32 Å². The van der Waals surface area contributed by atoms with E-state index in [1.807, 2.05) is 6.07 Å². The van der Waals surface area contributed by atoms with Gasteiger partial charge in [0.05, 0.1) is 5.38 Å². The normalized spacial score (nSPS) is 16.7. The molecule has 0 saturated carbocycles. The molecular formula is C16H22ClNO. The zero-order chi connectivity index (χ0) is 13.8. The molecule has 0 aromatic heterocycles. The molecule has 2 rings (SSSR count). The van der Waals surface area contributed by atoms with Crippen molar-refractivity contribution in [1.82, 2.24) is 0 Å². The summed E-state index contributed by atoms with van der Waals surface area (Å²) in [5, 5.41) is 3.03. The van der Waals surface area contributed by atoms with Crippen molar-refractivity contribution in [3.8, 4) is 0 Å². The summed E-state index contributed by atoms with van der Waals surface area (Å²) in [6.45, 7) is 4.38. The van der Waals surface area contributed by atoms with Crippen molar-refractivity contribution in [2.45, 2.75) is 51.3 Å². The molecule has 0 spiro atoms. The molecule has 1 N–H and O–H groups in total. The Labute approximate surface area is 120 Å². The number of anilines is 1. The summed E-state index contributed by atoms with van der Waals surface area (Å²) in [7, 11) is 0. The van der Waals surface area contributed by atoms with Crippen LogP contribution in [0.2, 0.25) is 0 Å². The number of aryl methyl sites for hydroxylation is 1. The lowest BCUT2D eigenvalue weighted by atomic mass is 9.92. The maximum absolute atomic E-state index is 11.5. The van der Waals surface area contributed by atoms with E-state index in [0.717, 1.165) is 31.4 Å². The molecular weight excluding hydrogens is 258 g/mol. The number of alkyl halides is 1. The minimum Gasteiger partial charge on any atom is -0.326 e. The van der Waals surface area contributed by atoms with Gasteiger partial charge >= 0.3 is 0 Å². The summed E-state index contributed by atoms with van der Waals surface area (Å²) >= 11 is 6.60. The fraction of sp³-hybridized carbons (Fsp3) is 0.562. The summed E-state index contributed by atoms with van der Waals surface area (Å²) in [6.07, 6.45) is 4.67. The molecule has 0 saturated heterocycles. The fourth-order valence-corrected chi connectivity index (χ4v) is 3.23. The summed E-state index contributed by atoms with van der Waals surface area (Å²) in [4.78, 5) is 11.5. The van der Waals surface area contributed by atoms with Gasteiger partial charge in [0, 0.05) is 12.1 Å². The first-order valence-electron chi connectivity index (χ1n) is 7.22. The van der Waals surface area contributed by atoms with Gasteiger partial charge in [-0.1, -0.05) is 38.8 Å². The van der Waals surface area contributed by atoms with Crippen molar-refractivity contribution >= 4 is 23.2 Å². The average molecular weight is 280 g/mol. The Morgan fingerprint density at radius 1 is 1.26 bits per heavy atom. The van der Waals surface area contributed by atoms with Crippen LogP contribution in [0.5, 0.6) is 0 Å². The first-order valence-corrected chi connectivity index (χ1v) is 7.66. The molecule has 1 amide bonds. The van der Waals surface area contributed by atoms with Gasteiger partial charge in [-0.3, -0.25) is 4.79 Å². The third kappa shape index (κ3) is 3.30. The Hall–Kier alpha value is -1.02. The highest BCUT2D eigenvalue weighted by atomic mass is 35.5. The maximum atomic E-state index is 11.5. The number of amides is 1. The topological polar surface area (TPSA) is 29.1 Å². The Morgan fingerprint density at radius 2 is 2.00 bits per heavy atom. The number of nitrogens with one attached hydrogen (secondary N) is 1. The molecule has 0 fully saturated rings. The molecule has 0 radical (unpaired) electrons. The summed E-state index contributed by atoms with van der Waals surface area (Å²) < 4.78 is 0. The quantitative estimate of drug-likeness (QED) is 0.797. The number of carbonyl (C=O) groups excluding carboxylic acids is 1. The summed E-state index contributed by atoms with van der Waals surface area (Å²) in [6, 6.07) is 6.24. The number of hydrogen-bond acceptors (Lipinski definition) is 1. The second kappa shape index (κ2) is 6.42. The van der Waals surface area contributed by atoms with Crippen LogP contribution < -0.4 is 5.32 Å². The SMILES string of the molecule is CCC(CC)C(Cl)c1ccc2c(c1)CCCC(=O)N2. The predicted molar refractivity (Wildman–Crippen MR) is 80.7 cm³/mol. The van der Waals surface area contributed by atoms with Crippen LogP contribution in [-0.4, -0.2) is 5.91 Å². The molecule has 0 aliphatic carbocycles. The van der Waals surface area contributed by atoms with Gasteiger partial charge in [0.1, 0.15) is 0 Å². The van der Waals surface area contributed by atoms with E-state index in [9.17, 15) is 4.79 Å². The second-order valence-corrected chi connectivity index (χ2v) is 5.77. The van der Waals surface area contributed by atoms with Crippen molar-refractivity contribution in [3.63, 3.8) is 0 Å². The molecule has 19 heavy (non-hydrogen) atoms. The molecule has 1 unspecified atom stereocenters. The zero-order valence-corrected chi connectivity index (χ0v) is 12.5. The molecule has 3 heteroatoms. The fourth-order valence-electron chi connectivity index (χ4n) is 2.74. The molecule has 1 aliphatic rings. The third-order valence-corrected chi connectivity index (χ3v) is 4.64. The van der Waals surface area contributed by atoms with Crippen LogP contribution in [0.1, 0.15) is 56.0 Å². The smallest absolute Gasteiger partial charge is 0.224 e. The van der Waals surface area contributed by atoms with Gasteiger partial charge in [-0.15, -0.1) is 11.6 Å². The summed E-state index contributed by atoms with van der Waals surface area (Å²) in [5.74, 6) is 0.633. The van der Waals surface area contributed by atoms with Crippen LogP contribution in [0.3, 0.4) is 0 Å². The Kier molecular flexibility index (Phi) is 4.87. The lowest BCUT2D eigenvalue weighted by molar-refractivity contribution is -0.116. The van der Waals surface area contributed by atoms with Crippen molar-refractivity contribution in [2.24, 2.45) is 5.92 Å². The molecule has 1 aromatic carbocycles. The molecule has 1 aromatic rings. The molecule has 104 valence electrons. The number of rotatable bonds is 4. The van der Waals surface area contributed by atoms with E-state index in [2.05, 4.69) is 31.3 Å². The highest BCUT2D eigenvalue weighted by Crippen LogP contribution is 2.35. The summed E-state index contributed by atoms with van der Waals surface area (Å²) in [5.41, 5.74) is 3.37. The van der Waals surface area contributed by atoms with E-state index >= 15 is 0 Å². The van der Waals surface area contributed by atoms with E-state index in [1.165, 1.54) is 11.1 Å². The van der Waals surface area contributed by atoms with Crippen molar-refractivity contribution < 1.29 is 4.79 Å². The molecule has 1 atom stereocenters. The maximum Gasteiger partial charge on any atom is 0.224 e. The first kappa shape index (κ1) is 14.4. The lowest BCUT2D eigenvalue weighted by Crippen LogP contribution is -2.10. The number of hydrogen-bond donors (Lipinski definition) is 1. The number of halogens is 1.